The number of carbonyl (C=O) groups excluding carboxylic acids is 1. The molecule has 0 saturated heterocycles. The van der Waals surface area contributed by atoms with Crippen LogP contribution in [0, 0.1) is 0 Å². The number of nitrogens with one attached hydrogen (secondary N) is 1. The van der Waals surface area contributed by atoms with Crippen molar-refractivity contribution in [3.05, 3.63) is 35.4 Å². The number of Topliss-reactive ketones (excluding diaryl/α,β-unsaturated/α-hetero) is 1. The zero-order chi connectivity index (χ0) is 13.8. The molecule has 0 aromatic heterocycles. The maximum absolute atomic E-state index is 11.7. The first-order valence-electron chi connectivity index (χ1n) is 5.91. The van der Waals surface area contributed by atoms with Crippen LogP contribution in [0.2, 0.25) is 0 Å². The van der Waals surface area contributed by atoms with Gasteiger partial charge in [-0.3, -0.25) is 4.79 Å². The number of hydrogen-bond donors (Lipinski definition) is 1. The minimum absolute atomic E-state index is 0.193. The molecule has 1 rings (SSSR count). The molecule has 1 aromatic rings. The lowest BCUT2D eigenvalue weighted by Gasteiger charge is -2.09. The van der Waals surface area contributed by atoms with Crippen molar-refractivity contribution in [2.75, 3.05) is 12.8 Å². The van der Waals surface area contributed by atoms with Gasteiger partial charge >= 0.3 is 0 Å². The number of carbonyl (C=O) groups is 1. The Hall–Kier alpha value is -1.20. The Morgan fingerprint density at radius 2 is 1.83 bits per heavy atom. The molecule has 0 spiro atoms. The van der Waals surface area contributed by atoms with Gasteiger partial charge in [0.1, 0.15) is 0 Å². The molecule has 0 fully saturated rings. The summed E-state index contributed by atoms with van der Waals surface area (Å²) in [5.41, 5.74) is 1.71. The minimum Gasteiger partial charge on any atom is -0.293 e. The predicted molar refractivity (Wildman–Crippen MR) is 72.3 cm³/mol. The zero-order valence-electron chi connectivity index (χ0n) is 10.9. The summed E-state index contributed by atoms with van der Waals surface area (Å²) in [7, 11) is -3.32. The van der Waals surface area contributed by atoms with E-state index in [9.17, 15) is 13.2 Å². The summed E-state index contributed by atoms with van der Waals surface area (Å²) in [5.74, 6) is 0.236. The van der Waals surface area contributed by atoms with Gasteiger partial charge in [0.25, 0.3) is 0 Å². The van der Waals surface area contributed by atoms with Crippen molar-refractivity contribution in [3.63, 3.8) is 0 Å². The second kappa shape index (κ2) is 6.11. The first-order chi connectivity index (χ1) is 8.33. The summed E-state index contributed by atoms with van der Waals surface area (Å²) >= 11 is 0. The van der Waals surface area contributed by atoms with E-state index in [1.807, 2.05) is 12.1 Å². The average Bonchev–Trinajstić information content (AvgIpc) is 2.34. The van der Waals surface area contributed by atoms with E-state index in [2.05, 4.69) is 18.6 Å². The number of rotatable bonds is 6. The van der Waals surface area contributed by atoms with E-state index in [1.54, 1.807) is 12.1 Å². The predicted octanol–water partition coefficient (Wildman–Crippen LogP) is 1.93. The van der Waals surface area contributed by atoms with E-state index in [0.717, 1.165) is 12.7 Å². The highest BCUT2D eigenvalue weighted by atomic mass is 32.2. The Morgan fingerprint density at radius 1 is 1.28 bits per heavy atom. The fraction of sp³-hybridized carbons (Fsp3) is 0.462. The topological polar surface area (TPSA) is 63.2 Å². The van der Waals surface area contributed by atoms with E-state index < -0.39 is 10.0 Å². The van der Waals surface area contributed by atoms with Gasteiger partial charge in [0.2, 0.25) is 10.0 Å². The van der Waals surface area contributed by atoms with Crippen molar-refractivity contribution >= 4 is 15.8 Å². The van der Waals surface area contributed by atoms with Crippen LogP contribution in [-0.4, -0.2) is 27.0 Å². The van der Waals surface area contributed by atoms with Gasteiger partial charge in [-0.2, -0.15) is 0 Å². The molecule has 0 aliphatic carbocycles. The van der Waals surface area contributed by atoms with Gasteiger partial charge < -0.3 is 0 Å². The molecule has 0 aliphatic heterocycles. The maximum atomic E-state index is 11.7. The second-order valence-corrected chi connectivity index (χ2v) is 6.28. The van der Waals surface area contributed by atoms with E-state index in [1.165, 1.54) is 5.56 Å². The lowest BCUT2D eigenvalue weighted by Crippen LogP contribution is -2.28. The Labute approximate surface area is 108 Å². The Kier molecular flexibility index (Phi) is 5.04. The molecular formula is C13H19NO3S. The monoisotopic (exact) mass is 269 g/mol. The highest BCUT2D eigenvalue weighted by Crippen LogP contribution is 2.18. The molecule has 1 aromatic carbocycles. The van der Waals surface area contributed by atoms with Crippen LogP contribution < -0.4 is 4.72 Å². The van der Waals surface area contributed by atoms with Crippen molar-refractivity contribution < 1.29 is 13.2 Å². The molecule has 1 atom stereocenters. The minimum atomic E-state index is -3.32. The van der Waals surface area contributed by atoms with Crippen LogP contribution in [0.15, 0.2) is 24.3 Å². The number of hydrogen-bond acceptors (Lipinski definition) is 3. The number of sulfonamides is 1. The quantitative estimate of drug-likeness (QED) is 0.803. The standard InChI is InChI=1S/C13H19NO3S/c1-4-10(2)11-5-7-12(8-6-11)13(15)9-14-18(3,16)17/h5-8,10,14H,4,9H2,1-3H3. The highest BCUT2D eigenvalue weighted by Gasteiger charge is 2.10. The van der Waals surface area contributed by atoms with Crippen LogP contribution in [0.1, 0.15) is 42.1 Å². The molecular weight excluding hydrogens is 250 g/mol. The SMILES string of the molecule is CCC(C)c1ccc(C(=O)CNS(C)(=O)=O)cc1. The van der Waals surface area contributed by atoms with Crippen LogP contribution in [0.5, 0.6) is 0 Å². The van der Waals surface area contributed by atoms with Gasteiger partial charge in [-0.1, -0.05) is 38.1 Å². The Balaban J connectivity index is 2.70. The van der Waals surface area contributed by atoms with Crippen LogP contribution >= 0.6 is 0 Å². The van der Waals surface area contributed by atoms with Gasteiger partial charge in [0.15, 0.2) is 5.78 Å². The summed E-state index contributed by atoms with van der Waals surface area (Å²) in [5, 5.41) is 0. The van der Waals surface area contributed by atoms with E-state index in [0.29, 0.717) is 11.5 Å². The summed E-state index contributed by atoms with van der Waals surface area (Å²) in [4.78, 5) is 11.7. The zero-order valence-corrected chi connectivity index (χ0v) is 11.8. The molecule has 1 unspecified atom stereocenters. The number of benzene rings is 1. The number of ketones is 1. The molecule has 0 saturated carbocycles. The van der Waals surface area contributed by atoms with Crippen LogP contribution in [-0.2, 0) is 10.0 Å². The summed E-state index contributed by atoms with van der Waals surface area (Å²) in [6.45, 7) is 4.04. The first kappa shape index (κ1) is 14.9. The normalized spacial score (nSPS) is 13.3. The molecule has 0 heterocycles. The van der Waals surface area contributed by atoms with Gasteiger partial charge in [-0.25, -0.2) is 13.1 Å². The molecule has 1 N–H and O–H groups in total. The second-order valence-electron chi connectivity index (χ2n) is 4.45. The molecule has 100 valence electrons. The van der Waals surface area contributed by atoms with Crippen LogP contribution in [0.4, 0.5) is 0 Å². The first-order valence-corrected chi connectivity index (χ1v) is 7.80. The molecule has 0 aliphatic rings. The smallest absolute Gasteiger partial charge is 0.209 e. The molecule has 4 nitrogen and oxygen atoms in total. The van der Waals surface area contributed by atoms with Gasteiger partial charge in [-0.15, -0.1) is 0 Å². The van der Waals surface area contributed by atoms with Crippen LogP contribution in [0.25, 0.3) is 0 Å². The lowest BCUT2D eigenvalue weighted by molar-refractivity contribution is 0.0997. The van der Waals surface area contributed by atoms with Crippen molar-refractivity contribution in [2.45, 2.75) is 26.2 Å². The lowest BCUT2D eigenvalue weighted by atomic mass is 9.97. The summed E-state index contributed by atoms with van der Waals surface area (Å²) in [6.07, 6.45) is 2.08. The van der Waals surface area contributed by atoms with E-state index in [-0.39, 0.29) is 12.3 Å². The Bertz CT molecular complexity index is 506. The molecule has 0 bridgehead atoms. The van der Waals surface area contributed by atoms with E-state index in [4.69, 9.17) is 0 Å². The third-order valence-corrected chi connectivity index (χ3v) is 3.58. The largest absolute Gasteiger partial charge is 0.293 e. The van der Waals surface area contributed by atoms with Gasteiger partial charge in [0, 0.05) is 5.56 Å². The molecule has 5 heteroatoms. The molecule has 0 amide bonds. The fourth-order valence-corrected chi connectivity index (χ4v) is 1.93. The van der Waals surface area contributed by atoms with Crippen molar-refractivity contribution in [3.8, 4) is 0 Å². The van der Waals surface area contributed by atoms with Crippen molar-refractivity contribution in [1.82, 2.24) is 4.72 Å². The maximum Gasteiger partial charge on any atom is 0.209 e. The Morgan fingerprint density at radius 3 is 2.28 bits per heavy atom. The molecule has 0 radical (unpaired) electrons. The summed E-state index contributed by atoms with van der Waals surface area (Å²) in [6, 6.07) is 7.32. The van der Waals surface area contributed by atoms with Crippen LogP contribution in [0.3, 0.4) is 0 Å². The third kappa shape index (κ3) is 4.58. The fourth-order valence-electron chi connectivity index (χ4n) is 1.53. The highest BCUT2D eigenvalue weighted by molar-refractivity contribution is 7.88. The summed E-state index contributed by atoms with van der Waals surface area (Å²) < 4.78 is 24.0. The third-order valence-electron chi connectivity index (χ3n) is 2.91. The van der Waals surface area contributed by atoms with E-state index >= 15 is 0 Å². The average molecular weight is 269 g/mol. The van der Waals surface area contributed by atoms with Crippen molar-refractivity contribution in [2.24, 2.45) is 0 Å². The van der Waals surface area contributed by atoms with Gasteiger partial charge in [-0.05, 0) is 17.9 Å². The molecule has 18 heavy (non-hydrogen) atoms. The van der Waals surface area contributed by atoms with Gasteiger partial charge in [0.05, 0.1) is 12.8 Å². The van der Waals surface area contributed by atoms with Crippen molar-refractivity contribution in [1.29, 1.82) is 0 Å².